The Labute approximate surface area is 149 Å². The first-order valence-electron chi connectivity index (χ1n) is 7.70. The molecule has 1 heterocycles. The highest BCUT2D eigenvalue weighted by molar-refractivity contribution is 5.90. The number of aldehydes is 1. The summed E-state index contributed by atoms with van der Waals surface area (Å²) in [7, 11) is 2.79. The minimum atomic E-state index is -1.37. The summed E-state index contributed by atoms with van der Waals surface area (Å²) < 4.78 is 16.8. The Kier molecular flexibility index (Phi) is 6.65. The van der Waals surface area contributed by atoms with Gasteiger partial charge in [-0.1, -0.05) is 30.3 Å². The van der Waals surface area contributed by atoms with E-state index in [-0.39, 0.29) is 24.4 Å². The van der Waals surface area contributed by atoms with Crippen LogP contribution < -0.4 is 10.2 Å². The number of aromatic nitrogens is 1. The quantitative estimate of drug-likeness (QED) is 0.534. The lowest BCUT2D eigenvalue weighted by molar-refractivity contribution is -0.111. The Hall–Kier alpha value is -2.97. The first-order valence-corrected chi connectivity index (χ1v) is 7.70. The SMILES string of the molecule is COC(Cn1cc(C=O)c(=O)c(OCc2ccccc2)c1C(=O)O)OC. The van der Waals surface area contributed by atoms with Gasteiger partial charge in [0.1, 0.15) is 6.61 Å². The third-order valence-corrected chi connectivity index (χ3v) is 3.69. The fraction of sp³-hybridized carbons (Fsp3) is 0.278. The number of hydrogen-bond donors (Lipinski definition) is 1. The topological polar surface area (TPSA) is 104 Å². The van der Waals surface area contributed by atoms with Gasteiger partial charge in [-0.05, 0) is 5.56 Å². The van der Waals surface area contributed by atoms with Gasteiger partial charge in [-0.15, -0.1) is 0 Å². The Bertz CT molecular complexity index is 825. The predicted molar refractivity (Wildman–Crippen MR) is 91.6 cm³/mol. The lowest BCUT2D eigenvalue weighted by Crippen LogP contribution is -2.28. The molecule has 0 aliphatic carbocycles. The van der Waals surface area contributed by atoms with Crippen LogP contribution in [0, 0.1) is 0 Å². The lowest BCUT2D eigenvalue weighted by atomic mass is 10.2. The van der Waals surface area contributed by atoms with Crippen LogP contribution in [0.25, 0.3) is 0 Å². The number of pyridine rings is 1. The molecule has 2 rings (SSSR count). The predicted octanol–water partition coefficient (Wildman–Crippen LogP) is 1.56. The van der Waals surface area contributed by atoms with Crippen LogP contribution in [0.3, 0.4) is 0 Å². The van der Waals surface area contributed by atoms with E-state index < -0.39 is 23.4 Å². The van der Waals surface area contributed by atoms with Crippen molar-refractivity contribution in [2.24, 2.45) is 0 Å². The van der Waals surface area contributed by atoms with Gasteiger partial charge in [-0.25, -0.2) is 4.79 Å². The molecule has 0 fully saturated rings. The average Bonchev–Trinajstić information content (AvgIpc) is 2.66. The first kappa shape index (κ1) is 19.4. The fourth-order valence-electron chi connectivity index (χ4n) is 2.38. The summed E-state index contributed by atoms with van der Waals surface area (Å²) in [5.41, 5.74) is -0.631. The van der Waals surface area contributed by atoms with Crippen molar-refractivity contribution in [3.63, 3.8) is 0 Å². The summed E-state index contributed by atoms with van der Waals surface area (Å²) in [6.45, 7) is -0.0614. The summed E-state index contributed by atoms with van der Waals surface area (Å²) in [5, 5.41) is 9.58. The van der Waals surface area contributed by atoms with Crippen molar-refractivity contribution in [3.05, 3.63) is 63.6 Å². The van der Waals surface area contributed by atoms with Gasteiger partial charge in [0, 0.05) is 20.4 Å². The van der Waals surface area contributed by atoms with Crippen molar-refractivity contribution in [3.8, 4) is 5.75 Å². The molecule has 1 aromatic carbocycles. The summed E-state index contributed by atoms with van der Waals surface area (Å²) in [4.78, 5) is 35.4. The van der Waals surface area contributed by atoms with Crippen LogP contribution in [0.5, 0.6) is 5.75 Å². The van der Waals surface area contributed by atoms with Crippen LogP contribution in [-0.2, 0) is 22.6 Å². The average molecular weight is 361 g/mol. The maximum Gasteiger partial charge on any atom is 0.356 e. The van der Waals surface area contributed by atoms with Crippen LogP contribution in [0.2, 0.25) is 0 Å². The van der Waals surface area contributed by atoms with Crippen LogP contribution in [0.1, 0.15) is 26.4 Å². The number of hydrogen-bond acceptors (Lipinski definition) is 6. The number of benzene rings is 1. The van der Waals surface area contributed by atoms with E-state index in [1.807, 2.05) is 6.07 Å². The number of methoxy groups -OCH3 is 2. The lowest BCUT2D eigenvalue weighted by Gasteiger charge is -2.20. The van der Waals surface area contributed by atoms with Gasteiger partial charge in [0.15, 0.2) is 24.0 Å². The molecule has 138 valence electrons. The maximum absolute atomic E-state index is 12.4. The molecule has 0 amide bonds. The highest BCUT2D eigenvalue weighted by atomic mass is 16.7. The van der Waals surface area contributed by atoms with Crippen LogP contribution in [-0.4, -0.2) is 42.4 Å². The van der Waals surface area contributed by atoms with E-state index in [1.165, 1.54) is 18.8 Å². The van der Waals surface area contributed by atoms with E-state index in [9.17, 15) is 19.5 Å². The molecule has 0 aliphatic rings. The number of ether oxygens (including phenoxy) is 3. The number of aromatic carboxylic acids is 1. The highest BCUT2D eigenvalue weighted by Crippen LogP contribution is 2.18. The second-order valence-corrected chi connectivity index (χ2v) is 5.34. The summed E-state index contributed by atoms with van der Waals surface area (Å²) in [5.74, 6) is -1.77. The molecule has 0 aliphatic heterocycles. The normalized spacial score (nSPS) is 10.7. The molecule has 8 heteroatoms. The molecule has 0 saturated carbocycles. The Balaban J connectivity index is 2.50. The Morgan fingerprint density at radius 3 is 2.42 bits per heavy atom. The fourth-order valence-corrected chi connectivity index (χ4v) is 2.38. The summed E-state index contributed by atoms with van der Waals surface area (Å²) in [6, 6.07) is 8.95. The van der Waals surface area contributed by atoms with Gasteiger partial charge in [-0.2, -0.15) is 0 Å². The van der Waals surface area contributed by atoms with E-state index in [2.05, 4.69) is 0 Å². The highest BCUT2D eigenvalue weighted by Gasteiger charge is 2.24. The van der Waals surface area contributed by atoms with Gasteiger partial charge in [-0.3, -0.25) is 9.59 Å². The third-order valence-electron chi connectivity index (χ3n) is 3.69. The second kappa shape index (κ2) is 8.93. The molecule has 0 radical (unpaired) electrons. The van der Waals surface area contributed by atoms with Crippen molar-refractivity contribution in [1.82, 2.24) is 4.57 Å². The monoisotopic (exact) mass is 361 g/mol. The molecule has 1 aromatic heterocycles. The molecule has 0 unspecified atom stereocenters. The second-order valence-electron chi connectivity index (χ2n) is 5.34. The molecule has 26 heavy (non-hydrogen) atoms. The number of rotatable bonds is 9. The third kappa shape index (κ3) is 4.35. The summed E-state index contributed by atoms with van der Waals surface area (Å²) in [6.07, 6.45) is 0.741. The van der Waals surface area contributed by atoms with Crippen molar-refractivity contribution in [2.45, 2.75) is 19.4 Å². The van der Waals surface area contributed by atoms with Crippen LogP contribution in [0.4, 0.5) is 0 Å². The van der Waals surface area contributed by atoms with Crippen LogP contribution >= 0.6 is 0 Å². The molecular formula is C18H19NO7. The molecule has 2 aromatic rings. The van der Waals surface area contributed by atoms with Crippen molar-refractivity contribution >= 4 is 12.3 Å². The summed E-state index contributed by atoms with van der Waals surface area (Å²) >= 11 is 0. The van der Waals surface area contributed by atoms with E-state index in [1.54, 1.807) is 24.3 Å². The molecular weight excluding hydrogens is 342 g/mol. The molecule has 0 spiro atoms. The largest absolute Gasteiger partial charge is 0.482 e. The smallest absolute Gasteiger partial charge is 0.356 e. The molecule has 0 atom stereocenters. The van der Waals surface area contributed by atoms with E-state index >= 15 is 0 Å². The maximum atomic E-state index is 12.4. The number of carboxylic acid groups (broad SMARTS) is 1. The van der Waals surface area contributed by atoms with Gasteiger partial charge in [0.25, 0.3) is 0 Å². The van der Waals surface area contributed by atoms with Gasteiger partial charge < -0.3 is 23.9 Å². The number of carbonyl (C=O) groups excluding carboxylic acids is 1. The van der Waals surface area contributed by atoms with Crippen molar-refractivity contribution < 1.29 is 28.9 Å². The minimum absolute atomic E-state index is 0.0172. The van der Waals surface area contributed by atoms with Gasteiger partial charge in [0.05, 0.1) is 12.1 Å². The zero-order valence-corrected chi connectivity index (χ0v) is 14.4. The Morgan fingerprint density at radius 1 is 1.23 bits per heavy atom. The minimum Gasteiger partial charge on any atom is -0.482 e. The zero-order chi connectivity index (χ0) is 19.1. The Morgan fingerprint density at radius 2 is 1.88 bits per heavy atom. The van der Waals surface area contributed by atoms with Crippen molar-refractivity contribution in [1.29, 1.82) is 0 Å². The number of carbonyl (C=O) groups is 2. The molecule has 0 bridgehead atoms. The number of nitrogens with zero attached hydrogens (tertiary/aromatic N) is 1. The van der Waals surface area contributed by atoms with Crippen LogP contribution in [0.15, 0.2) is 41.3 Å². The van der Waals surface area contributed by atoms with E-state index in [4.69, 9.17) is 14.2 Å². The van der Waals surface area contributed by atoms with Crippen molar-refractivity contribution in [2.75, 3.05) is 14.2 Å². The molecule has 0 saturated heterocycles. The van der Waals surface area contributed by atoms with Gasteiger partial charge in [0.2, 0.25) is 5.43 Å². The number of carboxylic acids is 1. The molecule has 8 nitrogen and oxygen atoms in total. The van der Waals surface area contributed by atoms with E-state index in [0.29, 0.717) is 6.29 Å². The zero-order valence-electron chi connectivity index (χ0n) is 14.4. The van der Waals surface area contributed by atoms with E-state index in [0.717, 1.165) is 11.8 Å². The van der Waals surface area contributed by atoms with Gasteiger partial charge >= 0.3 is 5.97 Å². The first-order chi connectivity index (χ1) is 12.5. The molecule has 1 N–H and O–H groups in total. The standard InChI is InChI=1S/C18H19NO7/c1-24-14(25-2)9-19-8-13(10-20)16(21)17(15(19)18(22)23)26-11-12-6-4-3-5-7-12/h3-8,10,14H,9,11H2,1-2H3,(H,22,23).